The van der Waals surface area contributed by atoms with Gasteiger partial charge in [-0.3, -0.25) is 4.79 Å². The van der Waals surface area contributed by atoms with E-state index in [1.165, 1.54) is 0 Å². The lowest BCUT2D eigenvalue weighted by Crippen LogP contribution is -3.00. The van der Waals surface area contributed by atoms with Crippen LogP contribution in [0.3, 0.4) is 0 Å². The van der Waals surface area contributed by atoms with Crippen molar-refractivity contribution < 1.29 is 34.7 Å². The molecule has 1 amide bonds. The number of unbranched alkanes of at least 4 members (excludes halogenated alkanes) is 1. The molecule has 2 rings (SSSR count). The minimum absolute atomic E-state index is 0. The molecule has 1 heterocycles. The first-order valence-corrected chi connectivity index (χ1v) is 12.0. The van der Waals surface area contributed by atoms with Crippen molar-refractivity contribution in [3.63, 3.8) is 0 Å². The van der Waals surface area contributed by atoms with Crippen molar-refractivity contribution in [2.75, 3.05) is 51.7 Å². The fourth-order valence-electron chi connectivity index (χ4n) is 2.95. The highest BCUT2D eigenvalue weighted by Gasteiger charge is 2.19. The Morgan fingerprint density at radius 2 is 1.67 bits per heavy atom. The Morgan fingerprint density at radius 3 is 2.30 bits per heavy atom. The molecule has 1 aromatic carbocycles. The van der Waals surface area contributed by atoms with E-state index in [2.05, 4.69) is 20.0 Å². The molecule has 184 valence electrons. The van der Waals surface area contributed by atoms with E-state index >= 15 is 0 Å². The number of likely N-dealkylation sites (N-methyl/N-ethyl adjacent to an activating group) is 1. The van der Waals surface area contributed by atoms with Crippen LogP contribution in [-0.2, 0) is 10.0 Å². The number of hydrogen-bond donors (Lipinski definition) is 4. The summed E-state index contributed by atoms with van der Waals surface area (Å²) in [6, 6.07) is 6.75. The summed E-state index contributed by atoms with van der Waals surface area (Å²) in [5.41, 5.74) is 12.2. The second-order valence-corrected chi connectivity index (χ2v) is 10.3. The number of benzene rings is 1. The number of hydrogen-bond acceptors (Lipinski definition) is 7. The van der Waals surface area contributed by atoms with E-state index in [1.807, 2.05) is 21.0 Å². The second kappa shape index (κ2) is 12.5. The molecule has 0 atom stereocenters. The van der Waals surface area contributed by atoms with Crippen LogP contribution in [0.1, 0.15) is 28.9 Å². The number of carbonyl (C=O) groups excluding carboxylic acids is 1. The molecule has 0 aliphatic heterocycles. The molecule has 0 spiro atoms. The average molecular weight is 565 g/mol. The van der Waals surface area contributed by atoms with Crippen LogP contribution in [0.4, 0.5) is 11.6 Å². The summed E-state index contributed by atoms with van der Waals surface area (Å²) in [4.78, 5) is 20.2. The van der Waals surface area contributed by atoms with Gasteiger partial charge in [-0.1, -0.05) is 29.3 Å². The zero-order valence-corrected chi connectivity index (χ0v) is 22.1. The van der Waals surface area contributed by atoms with Crippen molar-refractivity contribution in [2.45, 2.75) is 24.7 Å². The molecule has 0 aliphatic rings. The zero-order chi connectivity index (χ0) is 23.9. The smallest absolute Gasteiger partial charge is 0.273 e. The highest BCUT2D eigenvalue weighted by molar-refractivity contribution is 7.89. The standard InChI is InChI=1S/C20H30ClN7O3S.BrH/c1-14-6-8-15(9-7-14)32(30,31)25-10-4-5-12-28(2,3)13-11-24-20(29)16-18(22)27-19(23)17(21)26-16;/h6-9,25H,4-5,10-13H2,1-3H3,(H4-,22,23,24,27,29);1H. The number of anilines is 2. The number of aryl methyl sites for hydroxylation is 1. The first-order chi connectivity index (χ1) is 14.9. The summed E-state index contributed by atoms with van der Waals surface area (Å²) < 4.78 is 27.9. The average Bonchev–Trinajstić information content (AvgIpc) is 2.70. The van der Waals surface area contributed by atoms with Crippen LogP contribution in [-0.4, -0.2) is 69.1 Å². The minimum atomic E-state index is -3.49. The SMILES string of the molecule is Cc1ccc(S(=O)(=O)NCCCC[N+](C)(C)CCNC(=O)c2nc(Cl)c(N)nc2N)cc1.[Br-]. The number of aromatic nitrogens is 2. The van der Waals surface area contributed by atoms with Crippen molar-refractivity contribution in [3.8, 4) is 0 Å². The molecule has 13 heteroatoms. The largest absolute Gasteiger partial charge is 1.00 e. The van der Waals surface area contributed by atoms with Crippen molar-refractivity contribution in [3.05, 3.63) is 40.7 Å². The van der Waals surface area contributed by atoms with Gasteiger partial charge < -0.3 is 38.2 Å². The molecule has 0 aliphatic carbocycles. The van der Waals surface area contributed by atoms with Crippen LogP contribution in [0, 0.1) is 6.92 Å². The predicted octanol–water partition coefficient (Wildman–Crippen LogP) is -1.83. The quantitative estimate of drug-likeness (QED) is 0.185. The van der Waals surface area contributed by atoms with Crippen molar-refractivity contribution in [1.29, 1.82) is 0 Å². The predicted molar refractivity (Wildman–Crippen MR) is 126 cm³/mol. The molecule has 0 saturated carbocycles. The summed E-state index contributed by atoms with van der Waals surface area (Å²) in [5, 5.41) is 2.69. The third kappa shape index (κ3) is 9.05. The van der Waals surface area contributed by atoms with Crippen LogP contribution >= 0.6 is 11.6 Å². The lowest BCUT2D eigenvalue weighted by atomic mass is 10.2. The summed E-state index contributed by atoms with van der Waals surface area (Å²) in [5.74, 6) is -0.576. The van der Waals surface area contributed by atoms with E-state index in [9.17, 15) is 13.2 Å². The Hall–Kier alpha value is -1.99. The molecule has 1 aromatic heterocycles. The second-order valence-electron chi connectivity index (χ2n) is 8.19. The number of carbonyl (C=O) groups is 1. The highest BCUT2D eigenvalue weighted by atomic mass is 79.9. The number of quaternary nitrogens is 1. The maximum atomic E-state index is 12.3. The molecular weight excluding hydrogens is 534 g/mol. The molecule has 10 nitrogen and oxygen atoms in total. The van der Waals surface area contributed by atoms with Crippen molar-refractivity contribution >= 4 is 39.2 Å². The Balaban J connectivity index is 0.00000544. The third-order valence-corrected chi connectivity index (χ3v) is 6.69. The Bertz CT molecular complexity index is 1050. The Morgan fingerprint density at radius 1 is 1.03 bits per heavy atom. The topological polar surface area (TPSA) is 153 Å². The van der Waals surface area contributed by atoms with Gasteiger partial charge in [-0.15, -0.1) is 0 Å². The van der Waals surface area contributed by atoms with Gasteiger partial charge in [0, 0.05) is 6.54 Å². The molecule has 0 radical (unpaired) electrons. The number of sulfonamides is 1. The first kappa shape index (κ1) is 29.0. The number of rotatable bonds is 11. The molecule has 0 unspecified atom stereocenters. The van der Waals surface area contributed by atoms with Gasteiger partial charge in [-0.2, -0.15) is 0 Å². The molecule has 0 fully saturated rings. The zero-order valence-electron chi connectivity index (χ0n) is 18.9. The number of nitrogen functional groups attached to an aromatic ring is 2. The van der Waals surface area contributed by atoms with Crippen LogP contribution in [0.15, 0.2) is 29.2 Å². The van der Waals surface area contributed by atoms with Gasteiger partial charge in [-0.05, 0) is 31.9 Å². The molecule has 33 heavy (non-hydrogen) atoms. The lowest BCUT2D eigenvalue weighted by Gasteiger charge is -2.30. The number of halogens is 2. The number of amides is 1. The van der Waals surface area contributed by atoms with Crippen LogP contribution in [0.2, 0.25) is 5.15 Å². The first-order valence-electron chi connectivity index (χ1n) is 10.2. The molecule has 0 bridgehead atoms. The summed E-state index contributed by atoms with van der Waals surface area (Å²) in [6.45, 7) is 4.15. The van der Waals surface area contributed by atoms with Crippen LogP contribution < -0.4 is 38.5 Å². The van der Waals surface area contributed by atoms with Gasteiger partial charge in [-0.25, -0.2) is 23.1 Å². The van der Waals surface area contributed by atoms with Gasteiger partial charge in [0.05, 0.1) is 38.6 Å². The Kier molecular flexibility index (Phi) is 11.0. The van der Waals surface area contributed by atoms with Crippen LogP contribution in [0.5, 0.6) is 0 Å². The van der Waals surface area contributed by atoms with Crippen molar-refractivity contribution in [1.82, 2.24) is 20.0 Å². The monoisotopic (exact) mass is 563 g/mol. The van der Waals surface area contributed by atoms with E-state index in [4.69, 9.17) is 23.1 Å². The minimum Gasteiger partial charge on any atom is -1.00 e. The van der Waals surface area contributed by atoms with E-state index in [-0.39, 0.29) is 44.4 Å². The third-order valence-electron chi connectivity index (χ3n) is 4.94. The summed E-state index contributed by atoms with van der Waals surface area (Å²) in [6.07, 6.45) is 1.53. The highest BCUT2D eigenvalue weighted by Crippen LogP contribution is 2.17. The maximum Gasteiger partial charge on any atom is 0.273 e. The number of nitrogens with zero attached hydrogens (tertiary/aromatic N) is 3. The molecule has 0 saturated heterocycles. The van der Waals surface area contributed by atoms with E-state index < -0.39 is 15.9 Å². The fraction of sp³-hybridized carbons (Fsp3) is 0.450. The van der Waals surface area contributed by atoms with E-state index in [1.54, 1.807) is 24.3 Å². The normalized spacial score (nSPS) is 11.6. The molecule has 2 aromatic rings. The van der Waals surface area contributed by atoms with Gasteiger partial charge >= 0.3 is 0 Å². The number of nitrogens with one attached hydrogen (secondary N) is 2. The number of nitrogens with two attached hydrogens (primary N) is 2. The van der Waals surface area contributed by atoms with Crippen molar-refractivity contribution in [2.24, 2.45) is 0 Å². The lowest BCUT2D eigenvalue weighted by molar-refractivity contribution is -0.889. The summed E-state index contributed by atoms with van der Waals surface area (Å²) in [7, 11) is 0.584. The molecular formula is C20H31BrClN7O3S. The fourth-order valence-corrected chi connectivity index (χ4v) is 4.15. The van der Waals surface area contributed by atoms with Gasteiger partial charge in [0.25, 0.3) is 5.91 Å². The summed E-state index contributed by atoms with van der Waals surface area (Å²) >= 11 is 5.81. The van der Waals surface area contributed by atoms with Gasteiger partial charge in [0.2, 0.25) is 10.0 Å². The van der Waals surface area contributed by atoms with E-state index in [0.29, 0.717) is 30.5 Å². The molecule has 6 N–H and O–H groups in total. The maximum absolute atomic E-state index is 12.3. The van der Waals surface area contributed by atoms with Gasteiger partial charge in [0.1, 0.15) is 0 Å². The van der Waals surface area contributed by atoms with E-state index in [0.717, 1.165) is 18.5 Å². The Labute approximate surface area is 210 Å². The van der Waals surface area contributed by atoms with Gasteiger partial charge in [0.15, 0.2) is 22.5 Å². The van der Waals surface area contributed by atoms with Crippen LogP contribution in [0.25, 0.3) is 0 Å².